The van der Waals surface area contributed by atoms with Crippen LogP contribution in [0.15, 0.2) is 59.8 Å². The molecule has 1 fully saturated rings. The third kappa shape index (κ3) is 3.61. The molecular formula is C22H23N7O. The number of nitrogens with zero attached hydrogens (tertiary/aromatic N) is 7. The maximum atomic E-state index is 11.6. The van der Waals surface area contributed by atoms with Gasteiger partial charge in [0.2, 0.25) is 5.56 Å². The topological polar surface area (TPSA) is 81.2 Å². The Labute approximate surface area is 173 Å². The largest absolute Gasteiger partial charge is 0.318 e. The Hall–Kier alpha value is -3.39. The van der Waals surface area contributed by atoms with E-state index in [1.165, 1.54) is 0 Å². The molecule has 0 aromatic carbocycles. The van der Waals surface area contributed by atoms with Crippen LogP contribution in [0.3, 0.4) is 0 Å². The Bertz CT molecular complexity index is 1220. The van der Waals surface area contributed by atoms with Gasteiger partial charge in [-0.1, -0.05) is 6.07 Å². The standard InChI is InChI=1S/C22H23N7O/c1-27-14-16(4-7-21(27)30)15-28-11-8-17(9-12-28)22-25-24-20-6-5-19(26-29(20)22)18-3-2-10-23-13-18/h2-7,10,13-14,17H,8-9,11-12,15H2,1H3. The van der Waals surface area contributed by atoms with E-state index in [9.17, 15) is 4.79 Å². The molecule has 152 valence electrons. The summed E-state index contributed by atoms with van der Waals surface area (Å²) in [6.45, 7) is 2.81. The fourth-order valence-electron chi connectivity index (χ4n) is 4.08. The monoisotopic (exact) mass is 401 g/mol. The predicted molar refractivity (Wildman–Crippen MR) is 113 cm³/mol. The van der Waals surface area contributed by atoms with Crippen LogP contribution in [-0.2, 0) is 13.6 Å². The van der Waals surface area contributed by atoms with Crippen molar-refractivity contribution in [3.63, 3.8) is 0 Å². The van der Waals surface area contributed by atoms with Crippen molar-refractivity contribution in [1.82, 2.24) is 34.3 Å². The van der Waals surface area contributed by atoms with Crippen LogP contribution in [0.25, 0.3) is 16.9 Å². The molecule has 0 saturated carbocycles. The van der Waals surface area contributed by atoms with E-state index in [0.717, 1.165) is 60.8 Å². The molecule has 0 amide bonds. The summed E-state index contributed by atoms with van der Waals surface area (Å²) in [6, 6.07) is 11.4. The summed E-state index contributed by atoms with van der Waals surface area (Å²) < 4.78 is 3.52. The maximum Gasteiger partial charge on any atom is 0.250 e. The summed E-state index contributed by atoms with van der Waals surface area (Å²) in [5.74, 6) is 1.26. The van der Waals surface area contributed by atoms with E-state index in [4.69, 9.17) is 5.10 Å². The fraction of sp³-hybridized carbons (Fsp3) is 0.318. The zero-order chi connectivity index (χ0) is 20.5. The summed E-state index contributed by atoms with van der Waals surface area (Å²) in [6.07, 6.45) is 7.51. The molecule has 0 atom stereocenters. The molecule has 5 rings (SSSR count). The Kier molecular flexibility index (Phi) is 4.84. The molecule has 30 heavy (non-hydrogen) atoms. The lowest BCUT2D eigenvalue weighted by Crippen LogP contribution is -2.33. The van der Waals surface area contributed by atoms with Crippen molar-refractivity contribution < 1.29 is 0 Å². The molecule has 0 spiro atoms. The van der Waals surface area contributed by atoms with E-state index in [1.807, 2.05) is 47.2 Å². The minimum absolute atomic E-state index is 0.0225. The van der Waals surface area contributed by atoms with Crippen LogP contribution in [0.4, 0.5) is 0 Å². The number of aryl methyl sites for hydroxylation is 1. The average Bonchev–Trinajstić information content (AvgIpc) is 3.21. The third-order valence-corrected chi connectivity index (χ3v) is 5.75. The second-order valence-electron chi connectivity index (χ2n) is 7.83. The lowest BCUT2D eigenvalue weighted by Gasteiger charge is -2.31. The minimum atomic E-state index is 0.0225. The van der Waals surface area contributed by atoms with Gasteiger partial charge in [-0.3, -0.25) is 14.7 Å². The lowest BCUT2D eigenvalue weighted by atomic mass is 9.96. The van der Waals surface area contributed by atoms with E-state index >= 15 is 0 Å². The minimum Gasteiger partial charge on any atom is -0.318 e. The van der Waals surface area contributed by atoms with Crippen molar-refractivity contribution in [3.8, 4) is 11.3 Å². The molecule has 0 radical (unpaired) electrons. The van der Waals surface area contributed by atoms with E-state index < -0.39 is 0 Å². The molecule has 0 aliphatic carbocycles. The quantitative estimate of drug-likeness (QED) is 0.522. The van der Waals surface area contributed by atoms with Gasteiger partial charge in [-0.25, -0.2) is 0 Å². The molecule has 1 aliphatic rings. The smallest absolute Gasteiger partial charge is 0.250 e. The van der Waals surface area contributed by atoms with Gasteiger partial charge in [0.05, 0.1) is 5.69 Å². The van der Waals surface area contributed by atoms with E-state index in [0.29, 0.717) is 5.92 Å². The van der Waals surface area contributed by atoms with Crippen LogP contribution in [0.5, 0.6) is 0 Å². The molecule has 0 unspecified atom stereocenters. The van der Waals surface area contributed by atoms with Gasteiger partial charge in [-0.05, 0) is 55.8 Å². The molecule has 1 aliphatic heterocycles. The van der Waals surface area contributed by atoms with Crippen LogP contribution in [0, 0.1) is 0 Å². The first-order valence-corrected chi connectivity index (χ1v) is 10.2. The van der Waals surface area contributed by atoms with Gasteiger partial charge in [0.15, 0.2) is 11.5 Å². The molecule has 8 heteroatoms. The first kappa shape index (κ1) is 18.6. The second-order valence-corrected chi connectivity index (χ2v) is 7.83. The van der Waals surface area contributed by atoms with Crippen molar-refractivity contribution in [3.05, 3.63) is 76.7 Å². The summed E-state index contributed by atoms with van der Waals surface area (Å²) in [4.78, 5) is 18.2. The number of pyridine rings is 2. The molecule has 0 N–H and O–H groups in total. The first-order chi connectivity index (χ1) is 14.7. The van der Waals surface area contributed by atoms with Crippen LogP contribution < -0.4 is 5.56 Å². The van der Waals surface area contributed by atoms with Crippen LogP contribution in [-0.4, -0.2) is 47.4 Å². The number of piperidine rings is 1. The van der Waals surface area contributed by atoms with Crippen molar-refractivity contribution in [1.29, 1.82) is 0 Å². The summed E-state index contributed by atoms with van der Waals surface area (Å²) in [5, 5.41) is 13.6. The van der Waals surface area contributed by atoms with Crippen molar-refractivity contribution in [2.75, 3.05) is 13.1 Å². The van der Waals surface area contributed by atoms with Crippen molar-refractivity contribution in [2.24, 2.45) is 7.05 Å². The zero-order valence-electron chi connectivity index (χ0n) is 16.8. The van der Waals surface area contributed by atoms with Gasteiger partial charge < -0.3 is 4.57 Å². The molecule has 5 heterocycles. The highest BCUT2D eigenvalue weighted by Crippen LogP contribution is 2.28. The Morgan fingerprint density at radius 2 is 1.93 bits per heavy atom. The van der Waals surface area contributed by atoms with Crippen LogP contribution in [0.2, 0.25) is 0 Å². The van der Waals surface area contributed by atoms with E-state index in [-0.39, 0.29) is 5.56 Å². The predicted octanol–water partition coefficient (Wildman–Crippen LogP) is 2.26. The number of hydrogen-bond acceptors (Lipinski definition) is 6. The SMILES string of the molecule is Cn1cc(CN2CCC(c3nnc4ccc(-c5cccnc5)nn34)CC2)ccc1=O. The molecule has 4 aromatic rings. The van der Waals surface area contributed by atoms with Crippen LogP contribution in [0.1, 0.15) is 30.1 Å². The summed E-state index contributed by atoms with van der Waals surface area (Å²) >= 11 is 0. The lowest BCUT2D eigenvalue weighted by molar-refractivity contribution is 0.200. The molecule has 1 saturated heterocycles. The van der Waals surface area contributed by atoms with E-state index in [1.54, 1.807) is 23.9 Å². The second kappa shape index (κ2) is 7.79. The van der Waals surface area contributed by atoms with Gasteiger partial charge in [-0.2, -0.15) is 9.61 Å². The Morgan fingerprint density at radius 1 is 1.07 bits per heavy atom. The van der Waals surface area contributed by atoms with Gasteiger partial charge in [-0.15, -0.1) is 10.2 Å². The highest BCUT2D eigenvalue weighted by Gasteiger charge is 2.25. The van der Waals surface area contributed by atoms with Gasteiger partial charge >= 0.3 is 0 Å². The van der Waals surface area contributed by atoms with E-state index in [2.05, 4.69) is 20.1 Å². The normalized spacial score (nSPS) is 15.6. The number of rotatable bonds is 4. The highest BCUT2D eigenvalue weighted by atomic mass is 16.1. The molecule has 0 bridgehead atoms. The number of hydrogen-bond donors (Lipinski definition) is 0. The fourth-order valence-corrected chi connectivity index (χ4v) is 4.08. The average molecular weight is 401 g/mol. The number of fused-ring (bicyclic) bond motifs is 1. The summed E-state index contributed by atoms with van der Waals surface area (Å²) in [5.41, 5.74) is 3.79. The van der Waals surface area contributed by atoms with Gasteiger partial charge in [0, 0.05) is 49.7 Å². The summed E-state index contributed by atoms with van der Waals surface area (Å²) in [7, 11) is 1.79. The number of likely N-dealkylation sites (tertiary alicyclic amines) is 1. The van der Waals surface area contributed by atoms with Gasteiger partial charge in [0.25, 0.3) is 0 Å². The zero-order valence-corrected chi connectivity index (χ0v) is 16.8. The molecule has 8 nitrogen and oxygen atoms in total. The Morgan fingerprint density at radius 3 is 2.70 bits per heavy atom. The van der Waals surface area contributed by atoms with Crippen molar-refractivity contribution in [2.45, 2.75) is 25.3 Å². The third-order valence-electron chi connectivity index (χ3n) is 5.75. The van der Waals surface area contributed by atoms with Crippen LogP contribution >= 0.6 is 0 Å². The highest BCUT2D eigenvalue weighted by molar-refractivity contribution is 5.58. The maximum absolute atomic E-state index is 11.6. The van der Waals surface area contributed by atoms with Crippen molar-refractivity contribution >= 4 is 5.65 Å². The Balaban J connectivity index is 1.32. The molecule has 4 aromatic heterocycles. The number of aromatic nitrogens is 6. The first-order valence-electron chi connectivity index (χ1n) is 10.2. The molecular weight excluding hydrogens is 378 g/mol. The van der Waals surface area contributed by atoms with Gasteiger partial charge in [0.1, 0.15) is 0 Å².